The summed E-state index contributed by atoms with van der Waals surface area (Å²) >= 11 is 0. The Hall–Kier alpha value is -1.69. The van der Waals surface area contributed by atoms with Crippen LogP contribution in [0.4, 0.5) is 8.78 Å². The third-order valence-corrected chi connectivity index (χ3v) is 2.98. The lowest BCUT2D eigenvalue weighted by Crippen LogP contribution is -2.59. The van der Waals surface area contributed by atoms with E-state index in [4.69, 9.17) is 0 Å². The zero-order valence-corrected chi connectivity index (χ0v) is 9.87. The quantitative estimate of drug-likeness (QED) is 0.855. The molecule has 18 heavy (non-hydrogen) atoms. The number of ether oxygens (including phenoxy) is 1. The van der Waals surface area contributed by atoms with E-state index in [-0.39, 0.29) is 11.7 Å². The van der Waals surface area contributed by atoms with Crippen molar-refractivity contribution >= 4 is 5.91 Å². The van der Waals surface area contributed by atoms with Gasteiger partial charge in [-0.1, -0.05) is 12.1 Å². The summed E-state index contributed by atoms with van der Waals surface area (Å²) < 4.78 is 28.6. The monoisotopic (exact) mass is 256 g/mol. The van der Waals surface area contributed by atoms with Crippen molar-refractivity contribution in [2.75, 3.05) is 13.1 Å². The normalized spacial score (nSPS) is 23.9. The van der Waals surface area contributed by atoms with E-state index in [1.54, 1.807) is 19.1 Å². The summed E-state index contributed by atoms with van der Waals surface area (Å²) in [6.45, 7) is 0.0217. The second-order valence-electron chi connectivity index (χ2n) is 4.21. The van der Waals surface area contributed by atoms with Crippen LogP contribution in [0, 0.1) is 0 Å². The number of carbonyl (C=O) groups is 1. The molecule has 0 aliphatic carbocycles. The van der Waals surface area contributed by atoms with Crippen LogP contribution in [-0.4, -0.2) is 25.6 Å². The highest BCUT2D eigenvalue weighted by Crippen LogP contribution is 2.26. The Morgan fingerprint density at radius 3 is 2.83 bits per heavy atom. The first-order valence-electron chi connectivity index (χ1n) is 5.61. The van der Waals surface area contributed by atoms with Crippen LogP contribution in [0.2, 0.25) is 0 Å². The topological polar surface area (TPSA) is 50.4 Å². The first-order chi connectivity index (χ1) is 8.52. The van der Waals surface area contributed by atoms with Gasteiger partial charge in [0, 0.05) is 13.1 Å². The number of piperazine rings is 1. The van der Waals surface area contributed by atoms with Crippen molar-refractivity contribution in [1.29, 1.82) is 0 Å². The maximum absolute atomic E-state index is 12.1. The summed E-state index contributed by atoms with van der Waals surface area (Å²) in [4.78, 5) is 11.9. The zero-order chi connectivity index (χ0) is 13.2. The number of halogens is 2. The number of nitrogens with one attached hydrogen (secondary N) is 2. The lowest BCUT2D eigenvalue weighted by molar-refractivity contribution is -0.128. The minimum Gasteiger partial charge on any atom is -0.435 e. The van der Waals surface area contributed by atoms with Crippen LogP contribution < -0.4 is 15.4 Å². The van der Waals surface area contributed by atoms with Crippen molar-refractivity contribution in [2.45, 2.75) is 19.1 Å². The Balaban J connectivity index is 2.29. The molecule has 0 radical (unpaired) electrons. The smallest absolute Gasteiger partial charge is 0.387 e. The molecule has 2 rings (SSSR count). The number of rotatable bonds is 3. The van der Waals surface area contributed by atoms with Gasteiger partial charge in [-0.15, -0.1) is 0 Å². The maximum atomic E-state index is 12.1. The van der Waals surface area contributed by atoms with Crippen LogP contribution in [0.25, 0.3) is 0 Å². The van der Waals surface area contributed by atoms with Gasteiger partial charge in [-0.25, -0.2) is 0 Å². The Morgan fingerprint density at radius 1 is 1.39 bits per heavy atom. The molecule has 1 saturated heterocycles. The molecule has 0 bridgehead atoms. The summed E-state index contributed by atoms with van der Waals surface area (Å²) in [7, 11) is 0. The molecular weight excluding hydrogens is 242 g/mol. The number of hydrogen-bond acceptors (Lipinski definition) is 3. The van der Waals surface area contributed by atoms with Crippen molar-refractivity contribution < 1.29 is 18.3 Å². The van der Waals surface area contributed by atoms with Gasteiger partial charge in [0.05, 0.1) is 0 Å². The summed E-state index contributed by atoms with van der Waals surface area (Å²) in [5, 5.41) is 5.83. The van der Waals surface area contributed by atoms with Gasteiger partial charge in [-0.3, -0.25) is 10.1 Å². The Kier molecular flexibility index (Phi) is 3.47. The van der Waals surface area contributed by atoms with E-state index in [2.05, 4.69) is 15.4 Å². The number of alkyl halides is 2. The molecule has 1 amide bonds. The molecule has 0 aromatic heterocycles. The van der Waals surface area contributed by atoms with Crippen LogP contribution in [0.1, 0.15) is 12.5 Å². The molecule has 1 atom stereocenters. The third kappa shape index (κ3) is 2.43. The van der Waals surface area contributed by atoms with Crippen LogP contribution in [0.15, 0.2) is 24.3 Å². The molecule has 6 heteroatoms. The molecule has 98 valence electrons. The van der Waals surface area contributed by atoms with Gasteiger partial charge in [0.2, 0.25) is 5.91 Å². The van der Waals surface area contributed by atoms with Gasteiger partial charge >= 0.3 is 6.61 Å². The van der Waals surface area contributed by atoms with Crippen molar-refractivity contribution in [3.8, 4) is 5.75 Å². The van der Waals surface area contributed by atoms with Crippen LogP contribution >= 0.6 is 0 Å². The predicted octanol–water partition coefficient (Wildman–Crippen LogP) is 1.22. The van der Waals surface area contributed by atoms with E-state index < -0.39 is 12.2 Å². The van der Waals surface area contributed by atoms with Crippen molar-refractivity contribution in [3.63, 3.8) is 0 Å². The van der Waals surface area contributed by atoms with E-state index in [1.165, 1.54) is 12.1 Å². The van der Waals surface area contributed by atoms with E-state index in [1.807, 2.05) is 0 Å². The molecule has 0 spiro atoms. The van der Waals surface area contributed by atoms with Gasteiger partial charge in [0.1, 0.15) is 11.3 Å². The van der Waals surface area contributed by atoms with E-state index in [9.17, 15) is 13.6 Å². The fourth-order valence-corrected chi connectivity index (χ4v) is 1.96. The standard InChI is InChI=1S/C12H14F2N2O2/c1-12(10(17)15-5-6-16-12)8-3-2-4-9(7-8)18-11(13)14/h2-4,7,11,16H,5-6H2,1H3,(H,15,17). The fourth-order valence-electron chi connectivity index (χ4n) is 1.96. The lowest BCUT2D eigenvalue weighted by Gasteiger charge is -2.34. The second kappa shape index (κ2) is 4.89. The number of benzene rings is 1. The number of carbonyl (C=O) groups excluding carboxylic acids is 1. The number of hydrogen-bond donors (Lipinski definition) is 2. The third-order valence-electron chi connectivity index (χ3n) is 2.98. The molecular formula is C12H14F2N2O2. The molecule has 4 nitrogen and oxygen atoms in total. The average molecular weight is 256 g/mol. The maximum Gasteiger partial charge on any atom is 0.387 e. The zero-order valence-electron chi connectivity index (χ0n) is 9.87. The molecule has 1 aromatic rings. The first-order valence-corrected chi connectivity index (χ1v) is 5.61. The second-order valence-corrected chi connectivity index (χ2v) is 4.21. The SMILES string of the molecule is CC1(c2cccc(OC(F)F)c2)NCCNC1=O. The van der Waals surface area contributed by atoms with Gasteiger partial charge < -0.3 is 10.1 Å². The van der Waals surface area contributed by atoms with Crippen molar-refractivity contribution in [3.05, 3.63) is 29.8 Å². The lowest BCUT2D eigenvalue weighted by atomic mass is 9.89. The Morgan fingerprint density at radius 2 is 2.17 bits per heavy atom. The molecule has 1 unspecified atom stereocenters. The van der Waals surface area contributed by atoms with Gasteiger partial charge in [-0.05, 0) is 24.6 Å². The van der Waals surface area contributed by atoms with E-state index in [0.29, 0.717) is 18.7 Å². The van der Waals surface area contributed by atoms with Crippen LogP contribution in [0.3, 0.4) is 0 Å². The van der Waals surface area contributed by atoms with Gasteiger partial charge in [-0.2, -0.15) is 8.78 Å². The largest absolute Gasteiger partial charge is 0.435 e. The molecule has 1 fully saturated rings. The first kappa shape index (κ1) is 12.8. The van der Waals surface area contributed by atoms with Crippen LogP contribution in [-0.2, 0) is 10.3 Å². The molecule has 1 aliphatic heterocycles. The fraction of sp³-hybridized carbons (Fsp3) is 0.417. The van der Waals surface area contributed by atoms with E-state index >= 15 is 0 Å². The predicted molar refractivity (Wildman–Crippen MR) is 61.4 cm³/mol. The Labute approximate surface area is 103 Å². The van der Waals surface area contributed by atoms with Crippen LogP contribution in [0.5, 0.6) is 5.75 Å². The summed E-state index contributed by atoms with van der Waals surface area (Å²) in [5.41, 5.74) is -0.322. The number of amides is 1. The highest BCUT2D eigenvalue weighted by Gasteiger charge is 2.37. The molecule has 1 aromatic carbocycles. The van der Waals surface area contributed by atoms with Crippen molar-refractivity contribution in [1.82, 2.24) is 10.6 Å². The molecule has 2 N–H and O–H groups in total. The minimum absolute atomic E-state index is 0.0453. The van der Waals surface area contributed by atoms with Gasteiger partial charge in [0.25, 0.3) is 0 Å². The minimum atomic E-state index is -2.87. The van der Waals surface area contributed by atoms with Gasteiger partial charge in [0.15, 0.2) is 0 Å². The Bertz CT molecular complexity index is 453. The average Bonchev–Trinajstić information content (AvgIpc) is 2.32. The summed E-state index contributed by atoms with van der Waals surface area (Å²) in [5.74, 6) is -0.133. The molecule has 0 saturated carbocycles. The van der Waals surface area contributed by atoms with E-state index in [0.717, 1.165) is 0 Å². The van der Waals surface area contributed by atoms with Crippen molar-refractivity contribution in [2.24, 2.45) is 0 Å². The highest BCUT2D eigenvalue weighted by atomic mass is 19.3. The molecule has 1 heterocycles. The summed E-state index contributed by atoms with van der Waals surface area (Å²) in [6, 6.07) is 6.17. The molecule has 1 aliphatic rings. The summed E-state index contributed by atoms with van der Waals surface area (Å²) in [6.07, 6.45) is 0. The highest BCUT2D eigenvalue weighted by molar-refractivity contribution is 5.88.